The molecule has 30 heavy (non-hydrogen) atoms. The molecule has 0 aliphatic heterocycles. The van der Waals surface area contributed by atoms with Crippen LogP contribution in [0.25, 0.3) is 0 Å². The molecule has 8 nitrogen and oxygen atoms in total. The zero-order valence-corrected chi connectivity index (χ0v) is 20.3. The van der Waals surface area contributed by atoms with Crippen molar-refractivity contribution in [2.45, 2.75) is 20.1 Å². The highest BCUT2D eigenvalue weighted by molar-refractivity contribution is 9.10. The van der Waals surface area contributed by atoms with Gasteiger partial charge in [0.2, 0.25) is 0 Å². The molecule has 11 heteroatoms. The third-order valence-electron chi connectivity index (χ3n) is 3.49. The van der Waals surface area contributed by atoms with E-state index < -0.39 is 13.6 Å². The number of hydrogen-bond donors (Lipinski definition) is 1. The van der Waals surface area contributed by atoms with E-state index in [2.05, 4.69) is 37.2 Å². The quantitative estimate of drug-likeness (QED) is 0.155. The second kappa shape index (κ2) is 13.3. The van der Waals surface area contributed by atoms with Crippen molar-refractivity contribution in [3.63, 3.8) is 0 Å². The van der Waals surface area contributed by atoms with E-state index >= 15 is 0 Å². The Morgan fingerprint density at radius 1 is 0.900 bits per heavy atom. The van der Waals surface area contributed by atoms with E-state index in [1.807, 2.05) is 48.5 Å². The molecular formula is C19H22Br2NO7P. The number of ether oxygens (including phenoxy) is 1. The molecule has 0 saturated heterocycles. The molecule has 0 bridgehead atoms. The lowest BCUT2D eigenvalue weighted by molar-refractivity contribution is -0.277. The molecule has 0 amide bonds. The maximum atomic E-state index is 12.9. The van der Waals surface area contributed by atoms with Gasteiger partial charge in [0.05, 0.1) is 13.2 Å². The third kappa shape index (κ3) is 9.80. The second-order valence-corrected chi connectivity index (χ2v) is 9.59. The van der Waals surface area contributed by atoms with Gasteiger partial charge in [-0.15, -0.1) is 9.35 Å². The van der Waals surface area contributed by atoms with Gasteiger partial charge in [-0.1, -0.05) is 56.1 Å². The summed E-state index contributed by atoms with van der Waals surface area (Å²) in [6, 6.07) is 14.7. The van der Waals surface area contributed by atoms with Gasteiger partial charge in [-0.3, -0.25) is 14.7 Å². The van der Waals surface area contributed by atoms with Crippen LogP contribution >= 0.6 is 39.5 Å². The SMILES string of the molecule is CCOC(=O)CNCP(=O)(OOCc1ccc(Br)cc1)OOCc1ccc(Br)cc1. The predicted molar refractivity (Wildman–Crippen MR) is 117 cm³/mol. The van der Waals surface area contributed by atoms with Gasteiger partial charge in [-0.2, -0.15) is 0 Å². The van der Waals surface area contributed by atoms with Crippen molar-refractivity contribution in [2.24, 2.45) is 0 Å². The van der Waals surface area contributed by atoms with Crippen molar-refractivity contribution in [3.8, 4) is 0 Å². The number of halogens is 2. The predicted octanol–water partition coefficient (Wildman–Crippen LogP) is 5.11. The molecule has 0 aromatic heterocycles. The largest absolute Gasteiger partial charge is 0.465 e. The highest BCUT2D eigenvalue weighted by Crippen LogP contribution is 2.47. The van der Waals surface area contributed by atoms with Crippen LogP contribution in [0.4, 0.5) is 0 Å². The first-order valence-electron chi connectivity index (χ1n) is 8.97. The smallest absolute Gasteiger partial charge is 0.397 e. The number of hydrogen-bond acceptors (Lipinski definition) is 8. The maximum Gasteiger partial charge on any atom is 0.397 e. The number of carbonyl (C=O) groups is 1. The summed E-state index contributed by atoms with van der Waals surface area (Å²) in [4.78, 5) is 21.7. The van der Waals surface area contributed by atoms with Gasteiger partial charge in [0, 0.05) is 8.95 Å². The van der Waals surface area contributed by atoms with Gasteiger partial charge in [0.1, 0.15) is 19.5 Å². The molecule has 0 saturated carbocycles. The minimum Gasteiger partial charge on any atom is -0.465 e. The molecule has 0 atom stereocenters. The fraction of sp³-hybridized carbons (Fsp3) is 0.316. The summed E-state index contributed by atoms with van der Waals surface area (Å²) in [5, 5.41) is 2.66. The zero-order chi connectivity index (χ0) is 21.8. The fourth-order valence-corrected chi connectivity index (χ4v) is 3.55. The summed E-state index contributed by atoms with van der Waals surface area (Å²) >= 11 is 6.69. The van der Waals surface area contributed by atoms with E-state index in [1.165, 1.54) is 0 Å². The van der Waals surface area contributed by atoms with Crippen LogP contribution in [-0.4, -0.2) is 25.4 Å². The Balaban J connectivity index is 1.88. The van der Waals surface area contributed by atoms with E-state index in [0.29, 0.717) is 0 Å². The molecule has 0 aliphatic rings. The molecule has 1 N–H and O–H groups in total. The van der Waals surface area contributed by atoms with Gasteiger partial charge >= 0.3 is 13.6 Å². The molecule has 0 fully saturated rings. The molecule has 2 aromatic carbocycles. The average Bonchev–Trinajstić information content (AvgIpc) is 2.71. The molecule has 2 aromatic rings. The average molecular weight is 567 g/mol. The number of esters is 1. The topological polar surface area (TPSA) is 92.3 Å². The summed E-state index contributed by atoms with van der Waals surface area (Å²) in [5.41, 5.74) is 1.61. The van der Waals surface area contributed by atoms with Crippen molar-refractivity contribution in [3.05, 3.63) is 68.6 Å². The lowest BCUT2D eigenvalue weighted by atomic mass is 10.2. The van der Waals surface area contributed by atoms with Crippen LogP contribution in [0.5, 0.6) is 0 Å². The monoisotopic (exact) mass is 565 g/mol. The molecule has 0 aliphatic carbocycles. The van der Waals surface area contributed by atoms with Gasteiger partial charge in [0.15, 0.2) is 0 Å². The van der Waals surface area contributed by atoms with Gasteiger partial charge < -0.3 is 4.74 Å². The third-order valence-corrected chi connectivity index (χ3v) is 5.82. The summed E-state index contributed by atoms with van der Waals surface area (Å²) in [6.07, 6.45) is -0.313. The van der Waals surface area contributed by atoms with E-state index in [9.17, 15) is 9.36 Å². The number of carbonyl (C=O) groups excluding carboxylic acids is 1. The number of nitrogens with one attached hydrogen (secondary N) is 1. The molecular weight excluding hydrogens is 545 g/mol. The molecule has 2 rings (SSSR count). The van der Waals surface area contributed by atoms with Crippen molar-refractivity contribution in [2.75, 3.05) is 19.4 Å². The molecule has 164 valence electrons. The van der Waals surface area contributed by atoms with Crippen molar-refractivity contribution in [1.82, 2.24) is 5.32 Å². The Morgan fingerprint density at radius 2 is 1.37 bits per heavy atom. The van der Waals surface area contributed by atoms with E-state index in [4.69, 9.17) is 23.9 Å². The Kier molecular flexibility index (Phi) is 11.2. The zero-order valence-electron chi connectivity index (χ0n) is 16.2. The van der Waals surface area contributed by atoms with Crippen LogP contribution in [0, 0.1) is 0 Å². The number of rotatable bonds is 13. The van der Waals surface area contributed by atoms with Gasteiger partial charge in [-0.25, -0.2) is 9.78 Å². The summed E-state index contributed by atoms with van der Waals surface area (Å²) in [6.45, 7) is 1.87. The van der Waals surface area contributed by atoms with Crippen LogP contribution in [-0.2, 0) is 46.4 Å². The maximum absolute atomic E-state index is 12.9. The standard InChI is InChI=1S/C19H22Br2NO7P/c1-2-25-19(23)11-22-14-30(24,28-26-12-15-3-7-17(20)8-4-15)29-27-13-16-5-9-18(21)10-6-16/h3-10,22H,2,11-14H2,1H3. The first-order valence-corrected chi connectivity index (χ1v) is 12.3. The molecule has 0 spiro atoms. The van der Waals surface area contributed by atoms with E-state index in [1.54, 1.807) is 6.92 Å². The van der Waals surface area contributed by atoms with Crippen LogP contribution in [0.15, 0.2) is 57.5 Å². The summed E-state index contributed by atoms with van der Waals surface area (Å²) < 4.78 is 29.6. The fourth-order valence-electron chi connectivity index (χ4n) is 2.08. The summed E-state index contributed by atoms with van der Waals surface area (Å²) in [5.74, 6) is -0.490. The van der Waals surface area contributed by atoms with E-state index in [-0.39, 0.29) is 32.7 Å². The highest BCUT2D eigenvalue weighted by Gasteiger charge is 2.28. The van der Waals surface area contributed by atoms with Crippen molar-refractivity contribution >= 4 is 45.4 Å². The Bertz CT molecular complexity index is 778. The highest BCUT2D eigenvalue weighted by atomic mass is 79.9. The minimum atomic E-state index is -3.87. The van der Waals surface area contributed by atoms with Crippen LogP contribution in [0.2, 0.25) is 0 Å². The Morgan fingerprint density at radius 3 is 1.80 bits per heavy atom. The van der Waals surface area contributed by atoms with Crippen LogP contribution in [0.1, 0.15) is 18.1 Å². The lowest BCUT2D eigenvalue weighted by Gasteiger charge is -2.17. The van der Waals surface area contributed by atoms with Crippen molar-refractivity contribution in [1.29, 1.82) is 0 Å². The first-order chi connectivity index (χ1) is 14.4. The van der Waals surface area contributed by atoms with Gasteiger partial charge in [0.25, 0.3) is 0 Å². The van der Waals surface area contributed by atoms with Crippen molar-refractivity contribution < 1.29 is 33.2 Å². The van der Waals surface area contributed by atoms with Gasteiger partial charge in [-0.05, 0) is 42.3 Å². The molecule has 0 radical (unpaired) electrons. The molecule has 0 unspecified atom stereocenters. The second-order valence-electron chi connectivity index (χ2n) is 5.93. The first kappa shape index (κ1) is 25.2. The van der Waals surface area contributed by atoms with Crippen LogP contribution in [0.3, 0.4) is 0 Å². The Labute approximate surface area is 191 Å². The minimum absolute atomic E-state index is 0.0468. The number of benzene rings is 2. The molecule has 0 heterocycles. The summed E-state index contributed by atoms with van der Waals surface area (Å²) in [7, 11) is -3.87. The normalized spacial score (nSPS) is 11.4. The van der Waals surface area contributed by atoms with E-state index in [0.717, 1.165) is 20.1 Å². The lowest BCUT2D eigenvalue weighted by Crippen LogP contribution is -2.26. The van der Waals surface area contributed by atoms with Crippen LogP contribution < -0.4 is 5.32 Å². The Hall–Kier alpha value is -1.10.